The van der Waals surface area contributed by atoms with Gasteiger partial charge in [0.15, 0.2) is 0 Å². The highest BCUT2D eigenvalue weighted by Gasteiger charge is 2.37. The van der Waals surface area contributed by atoms with Gasteiger partial charge in [-0.25, -0.2) is 0 Å². The number of benzene rings is 3. The summed E-state index contributed by atoms with van der Waals surface area (Å²) in [6.45, 7) is 11.0. The molecule has 0 bridgehead atoms. The van der Waals surface area contributed by atoms with E-state index < -0.39 is 5.60 Å². The summed E-state index contributed by atoms with van der Waals surface area (Å²) < 4.78 is 61.4. The van der Waals surface area contributed by atoms with Gasteiger partial charge in [0.05, 0.1) is 139 Å². The fourth-order valence-electron chi connectivity index (χ4n) is 5.27. The summed E-state index contributed by atoms with van der Waals surface area (Å²) in [7, 11) is 0. The van der Waals surface area contributed by atoms with Gasteiger partial charge in [-0.15, -0.1) is 0 Å². The van der Waals surface area contributed by atoms with Crippen LogP contribution < -0.4 is 0 Å². The average Bonchev–Trinajstić information content (AvgIpc) is 3.21. The lowest BCUT2D eigenvalue weighted by molar-refractivity contribution is -0.144. The van der Waals surface area contributed by atoms with Crippen molar-refractivity contribution < 1.29 is 56.9 Å². The lowest BCUT2D eigenvalue weighted by Crippen LogP contribution is -2.34. The monoisotopic (exact) mass is 756 g/mol. The van der Waals surface area contributed by atoms with Gasteiger partial charge < -0.3 is 52.1 Å². The van der Waals surface area contributed by atoms with Crippen molar-refractivity contribution in [2.75, 3.05) is 132 Å². The Hall–Kier alpha value is -3.27. The maximum Gasteiger partial charge on any atom is 0.308 e. The summed E-state index contributed by atoms with van der Waals surface area (Å²) >= 11 is 0. The highest BCUT2D eigenvalue weighted by atomic mass is 16.6. The topological polar surface area (TPSA) is 119 Å². The minimum Gasteiger partial charge on any atom is -0.466 e. The van der Waals surface area contributed by atoms with E-state index in [0.717, 1.165) is 16.7 Å². The van der Waals surface area contributed by atoms with Crippen molar-refractivity contribution in [1.82, 2.24) is 0 Å². The number of ether oxygens (including phenoxy) is 11. The lowest BCUT2D eigenvalue weighted by atomic mass is 9.80. The van der Waals surface area contributed by atoms with Gasteiger partial charge in [0.2, 0.25) is 0 Å². The van der Waals surface area contributed by atoms with E-state index in [-0.39, 0.29) is 12.4 Å². The van der Waals surface area contributed by atoms with Crippen molar-refractivity contribution in [3.63, 3.8) is 0 Å². The Balaban J connectivity index is 1.07. The second-order valence-corrected chi connectivity index (χ2v) is 11.7. The first kappa shape index (κ1) is 45.1. The molecule has 0 aliphatic carbocycles. The molecule has 0 spiro atoms. The molecule has 0 unspecified atom stereocenters. The molecule has 3 rings (SSSR count). The Bertz CT molecular complexity index is 1190. The first-order valence-electron chi connectivity index (χ1n) is 18.9. The van der Waals surface area contributed by atoms with E-state index in [1.54, 1.807) is 6.92 Å². The molecule has 0 heterocycles. The van der Waals surface area contributed by atoms with Crippen LogP contribution in [0.3, 0.4) is 0 Å². The molecule has 0 saturated carbocycles. The smallest absolute Gasteiger partial charge is 0.308 e. The summed E-state index contributed by atoms with van der Waals surface area (Å²) in [5, 5.41) is 0. The molecule has 300 valence electrons. The second kappa shape index (κ2) is 31.0. The van der Waals surface area contributed by atoms with E-state index in [0.29, 0.717) is 132 Å². The first-order valence-corrected chi connectivity index (χ1v) is 18.9. The van der Waals surface area contributed by atoms with Crippen molar-refractivity contribution >= 4 is 5.97 Å². The summed E-state index contributed by atoms with van der Waals surface area (Å²) in [4.78, 5) is 11.2. The molecule has 0 amide bonds. The van der Waals surface area contributed by atoms with Crippen molar-refractivity contribution in [2.24, 2.45) is 0 Å². The van der Waals surface area contributed by atoms with E-state index in [1.165, 1.54) is 0 Å². The molecular weight excluding hydrogens is 696 g/mol. The van der Waals surface area contributed by atoms with Gasteiger partial charge >= 0.3 is 5.97 Å². The van der Waals surface area contributed by atoms with Crippen LogP contribution in [0.15, 0.2) is 91.0 Å². The molecule has 3 aromatic carbocycles. The standard InChI is InChI=1S/C42H60O12/c1-2-53-41(43)18-19-44-20-21-45-22-23-46-24-25-47-26-27-48-28-29-49-30-31-50-32-33-51-34-35-52-36-37-54-42(38-12-6-3-7-13-38,39-14-8-4-9-15-39)40-16-10-5-11-17-40/h3-17H,2,18-37H2,1H3. The van der Waals surface area contributed by atoms with Crippen LogP contribution in [-0.4, -0.2) is 138 Å². The zero-order valence-corrected chi connectivity index (χ0v) is 31.9. The van der Waals surface area contributed by atoms with Crippen molar-refractivity contribution in [3.05, 3.63) is 108 Å². The molecule has 0 aliphatic heterocycles. The molecule has 0 aliphatic rings. The number of hydrogen-bond donors (Lipinski definition) is 0. The number of rotatable bonds is 35. The molecule has 0 N–H and O–H groups in total. The van der Waals surface area contributed by atoms with Crippen LogP contribution in [0.2, 0.25) is 0 Å². The molecule has 0 aromatic heterocycles. The maximum atomic E-state index is 11.2. The highest BCUT2D eigenvalue weighted by molar-refractivity contribution is 5.69. The van der Waals surface area contributed by atoms with Gasteiger partial charge in [0.1, 0.15) is 5.60 Å². The molecule has 0 atom stereocenters. The SMILES string of the molecule is CCOC(=O)CCOCCOCCOCCOCCOCCOCCOCCOCCOCCOC(c1ccccc1)(c1ccccc1)c1ccccc1. The third-order valence-corrected chi connectivity index (χ3v) is 7.82. The van der Waals surface area contributed by atoms with Crippen molar-refractivity contribution in [1.29, 1.82) is 0 Å². The van der Waals surface area contributed by atoms with Gasteiger partial charge in [0.25, 0.3) is 0 Å². The molecule has 0 radical (unpaired) electrons. The molecule has 0 fully saturated rings. The largest absolute Gasteiger partial charge is 0.466 e. The van der Waals surface area contributed by atoms with Crippen LogP contribution in [0.1, 0.15) is 30.0 Å². The predicted molar refractivity (Wildman–Crippen MR) is 204 cm³/mol. The minimum absolute atomic E-state index is 0.252. The predicted octanol–water partition coefficient (Wildman–Crippen LogP) is 5.10. The Morgan fingerprint density at radius 1 is 0.389 bits per heavy atom. The number of hydrogen-bond acceptors (Lipinski definition) is 12. The third-order valence-electron chi connectivity index (χ3n) is 7.82. The number of esters is 1. The fraction of sp³-hybridized carbons (Fsp3) is 0.548. The van der Waals surface area contributed by atoms with E-state index in [1.807, 2.05) is 54.6 Å². The second-order valence-electron chi connectivity index (χ2n) is 11.7. The normalized spacial score (nSPS) is 11.6. The lowest BCUT2D eigenvalue weighted by Gasteiger charge is -2.36. The molecule has 0 saturated heterocycles. The minimum atomic E-state index is -0.755. The van der Waals surface area contributed by atoms with Gasteiger partial charge in [-0.05, 0) is 23.6 Å². The van der Waals surface area contributed by atoms with Gasteiger partial charge in [-0.1, -0.05) is 91.0 Å². The van der Waals surface area contributed by atoms with Crippen molar-refractivity contribution in [3.8, 4) is 0 Å². The average molecular weight is 757 g/mol. The Kier molecular flexibility index (Phi) is 25.9. The Morgan fingerprint density at radius 3 is 0.926 bits per heavy atom. The molecule has 12 heteroatoms. The fourth-order valence-corrected chi connectivity index (χ4v) is 5.27. The maximum absolute atomic E-state index is 11.2. The van der Waals surface area contributed by atoms with Crippen LogP contribution in [0.25, 0.3) is 0 Å². The van der Waals surface area contributed by atoms with E-state index >= 15 is 0 Å². The molecule has 12 nitrogen and oxygen atoms in total. The zero-order valence-electron chi connectivity index (χ0n) is 31.9. The summed E-state index contributed by atoms with van der Waals surface area (Å²) in [5.74, 6) is -0.252. The summed E-state index contributed by atoms with van der Waals surface area (Å²) in [6.07, 6.45) is 0.254. The summed E-state index contributed by atoms with van der Waals surface area (Å²) in [5.41, 5.74) is 2.44. The van der Waals surface area contributed by atoms with Gasteiger partial charge in [0, 0.05) is 0 Å². The molecule has 3 aromatic rings. The third kappa shape index (κ3) is 19.4. The van der Waals surface area contributed by atoms with Crippen molar-refractivity contribution in [2.45, 2.75) is 18.9 Å². The Labute approximate surface area is 321 Å². The van der Waals surface area contributed by atoms with Crippen LogP contribution in [0.5, 0.6) is 0 Å². The Morgan fingerprint density at radius 2 is 0.648 bits per heavy atom. The van der Waals surface area contributed by atoms with E-state index in [2.05, 4.69) is 36.4 Å². The van der Waals surface area contributed by atoms with Gasteiger partial charge in [-0.3, -0.25) is 4.79 Å². The van der Waals surface area contributed by atoms with E-state index in [9.17, 15) is 4.79 Å². The first-order chi connectivity index (χ1) is 26.8. The van der Waals surface area contributed by atoms with Gasteiger partial charge in [-0.2, -0.15) is 0 Å². The van der Waals surface area contributed by atoms with Crippen LogP contribution >= 0.6 is 0 Å². The summed E-state index contributed by atoms with van der Waals surface area (Å²) in [6, 6.07) is 30.9. The zero-order chi connectivity index (χ0) is 38.0. The quantitative estimate of drug-likeness (QED) is 0.0452. The van der Waals surface area contributed by atoms with E-state index in [4.69, 9.17) is 52.1 Å². The molecule has 54 heavy (non-hydrogen) atoms. The highest BCUT2D eigenvalue weighted by Crippen LogP contribution is 2.40. The van der Waals surface area contributed by atoms with Crippen LogP contribution in [-0.2, 0) is 62.5 Å². The number of carbonyl (C=O) groups excluding carboxylic acids is 1. The van der Waals surface area contributed by atoms with Crippen LogP contribution in [0.4, 0.5) is 0 Å². The molecular formula is C42H60O12. The number of carbonyl (C=O) groups is 1. The van der Waals surface area contributed by atoms with Crippen LogP contribution in [0, 0.1) is 0 Å².